The number of hydrogen-bond acceptors (Lipinski definition) is 5. The number of benzene rings is 4. The number of amides is 1. The van der Waals surface area contributed by atoms with Gasteiger partial charge in [-0.2, -0.15) is 0 Å². The molecular weight excluding hydrogens is 586 g/mol. The van der Waals surface area contributed by atoms with E-state index in [4.69, 9.17) is 15.2 Å². The summed E-state index contributed by atoms with van der Waals surface area (Å²) in [5.74, 6) is 0.945. The molecule has 4 N–H and O–H groups in total. The maximum absolute atomic E-state index is 13.3. The number of ether oxygens (including phenoxy) is 2. The molecule has 1 saturated carbocycles. The summed E-state index contributed by atoms with van der Waals surface area (Å²) in [4.78, 5) is 29.9. The highest BCUT2D eigenvalue weighted by atomic mass is 16.5. The Balaban J connectivity index is 1.49. The van der Waals surface area contributed by atoms with Gasteiger partial charge in [0, 0.05) is 50.2 Å². The number of nitrogens with two attached hydrogens (primary N) is 1. The van der Waals surface area contributed by atoms with E-state index in [1.54, 1.807) is 14.2 Å². The minimum absolute atomic E-state index is 0.160. The molecule has 0 unspecified atom stereocenters. The van der Waals surface area contributed by atoms with Crippen LogP contribution in [-0.4, -0.2) is 37.4 Å². The van der Waals surface area contributed by atoms with Crippen molar-refractivity contribution in [1.82, 2.24) is 10.3 Å². The Morgan fingerprint density at radius 3 is 2.17 bits per heavy atom. The van der Waals surface area contributed by atoms with Crippen molar-refractivity contribution in [2.75, 3.05) is 20.8 Å². The molecule has 5 aromatic rings. The monoisotopic (exact) mass is 625 g/mol. The van der Waals surface area contributed by atoms with Gasteiger partial charge in [-0.15, -0.1) is 0 Å². The van der Waals surface area contributed by atoms with E-state index in [0.717, 1.165) is 71.6 Å². The number of likely N-dealkylation sites (N-methyl/N-ethyl adjacent to an activating group) is 1. The van der Waals surface area contributed by atoms with Gasteiger partial charge in [-0.3, -0.25) is 9.59 Å². The van der Waals surface area contributed by atoms with Gasteiger partial charge in [0.25, 0.3) is 5.91 Å². The topological polar surface area (TPSA) is 106 Å². The number of aromatic amines is 1. The minimum atomic E-state index is -0.377. The average molecular weight is 626 g/mol. The number of aromatic nitrogens is 1. The molecule has 0 atom stereocenters. The first-order valence-electron chi connectivity index (χ1n) is 15.8. The molecule has 1 aliphatic rings. The van der Waals surface area contributed by atoms with Crippen LogP contribution in [-0.2, 0) is 9.59 Å². The van der Waals surface area contributed by atoms with Gasteiger partial charge in [-0.25, -0.2) is 0 Å². The number of ketones is 1. The lowest BCUT2D eigenvalue weighted by molar-refractivity contribution is -0.121. The van der Waals surface area contributed by atoms with Crippen LogP contribution >= 0.6 is 0 Å². The molecule has 4 aromatic carbocycles. The molecule has 1 amide bonds. The van der Waals surface area contributed by atoms with Crippen LogP contribution in [0.5, 0.6) is 11.5 Å². The number of nitrogens with one attached hydrogen (secondary N) is 2. The summed E-state index contributed by atoms with van der Waals surface area (Å²) in [6, 6.07) is 20.1. The van der Waals surface area contributed by atoms with Crippen LogP contribution in [0.15, 0.2) is 101 Å². The fraction of sp³-hybridized carbons (Fsp3) is 0.200. The molecule has 47 heavy (non-hydrogen) atoms. The van der Waals surface area contributed by atoms with Crippen molar-refractivity contribution < 1.29 is 19.1 Å². The number of methoxy groups -OCH3 is 2. The molecule has 0 radical (unpaired) electrons. The van der Waals surface area contributed by atoms with Crippen LogP contribution in [0.4, 0.5) is 0 Å². The van der Waals surface area contributed by atoms with Gasteiger partial charge in [0.1, 0.15) is 11.5 Å². The summed E-state index contributed by atoms with van der Waals surface area (Å²) in [6.07, 6.45) is 9.22. The van der Waals surface area contributed by atoms with Crippen molar-refractivity contribution in [1.29, 1.82) is 0 Å². The lowest BCUT2D eigenvalue weighted by atomic mass is 9.94. The average Bonchev–Trinajstić information content (AvgIpc) is 3.64. The zero-order valence-corrected chi connectivity index (χ0v) is 27.4. The molecule has 7 heteroatoms. The summed E-state index contributed by atoms with van der Waals surface area (Å²) >= 11 is 0. The first-order valence-corrected chi connectivity index (χ1v) is 15.8. The van der Waals surface area contributed by atoms with Crippen LogP contribution in [0.2, 0.25) is 0 Å². The highest BCUT2D eigenvalue weighted by Gasteiger charge is 2.28. The van der Waals surface area contributed by atoms with Crippen molar-refractivity contribution in [2.24, 2.45) is 5.73 Å². The van der Waals surface area contributed by atoms with Crippen molar-refractivity contribution in [3.8, 4) is 11.5 Å². The van der Waals surface area contributed by atoms with E-state index in [1.165, 1.54) is 6.92 Å². The first-order chi connectivity index (χ1) is 22.8. The van der Waals surface area contributed by atoms with Crippen LogP contribution in [0.1, 0.15) is 37.8 Å². The number of hydrogen-bond donors (Lipinski definition) is 3. The molecule has 1 heterocycles. The third-order valence-electron chi connectivity index (χ3n) is 8.91. The number of carbonyl (C=O) groups is 2. The lowest BCUT2D eigenvalue weighted by Crippen LogP contribution is -2.28. The predicted molar refractivity (Wildman–Crippen MR) is 191 cm³/mol. The zero-order valence-electron chi connectivity index (χ0n) is 27.4. The first kappa shape index (κ1) is 31.4. The maximum atomic E-state index is 13.3. The predicted octanol–water partition coefficient (Wildman–Crippen LogP) is 6.97. The highest BCUT2D eigenvalue weighted by Crippen LogP contribution is 2.39. The fourth-order valence-electron chi connectivity index (χ4n) is 6.75. The Labute approximate surface area is 274 Å². The van der Waals surface area contributed by atoms with E-state index in [0.29, 0.717) is 30.7 Å². The van der Waals surface area contributed by atoms with Gasteiger partial charge >= 0.3 is 0 Å². The van der Waals surface area contributed by atoms with Crippen LogP contribution < -0.4 is 25.9 Å². The third-order valence-corrected chi connectivity index (χ3v) is 8.91. The number of rotatable bonds is 8. The summed E-state index contributed by atoms with van der Waals surface area (Å²) < 4.78 is 11.2. The number of carbonyl (C=O) groups excluding carboxylic acids is 2. The van der Waals surface area contributed by atoms with E-state index in [9.17, 15) is 9.59 Å². The summed E-state index contributed by atoms with van der Waals surface area (Å²) in [5, 5.41) is 9.01. The molecule has 1 aromatic heterocycles. The van der Waals surface area contributed by atoms with E-state index in [-0.39, 0.29) is 17.3 Å². The Morgan fingerprint density at radius 2 is 1.49 bits per heavy atom. The number of fused-ring (bicyclic) bond motifs is 1. The molecule has 0 bridgehead atoms. The third kappa shape index (κ3) is 5.69. The van der Waals surface area contributed by atoms with E-state index >= 15 is 0 Å². The number of Topliss-reactive ketones (excluding diaryl/α,β-unsaturated/α-hetero) is 1. The number of aryl methyl sites for hydroxylation is 1. The molecule has 1 aliphatic carbocycles. The lowest BCUT2D eigenvalue weighted by Gasteiger charge is -2.13. The zero-order chi connectivity index (χ0) is 33.2. The van der Waals surface area contributed by atoms with Crippen LogP contribution in [0.25, 0.3) is 44.2 Å². The van der Waals surface area contributed by atoms with E-state index in [2.05, 4.69) is 29.4 Å². The summed E-state index contributed by atoms with van der Waals surface area (Å²) in [5.41, 5.74) is 12.9. The molecule has 6 rings (SSSR count). The van der Waals surface area contributed by atoms with Gasteiger partial charge < -0.3 is 25.5 Å². The van der Waals surface area contributed by atoms with E-state index < -0.39 is 0 Å². The van der Waals surface area contributed by atoms with Crippen LogP contribution in [0, 0.1) is 6.92 Å². The Kier molecular flexibility index (Phi) is 8.72. The molecule has 0 aliphatic heterocycles. The standard InChI is InChI=1S/C40H39N3O4/c1-6-42-40(45)37(24(3)44)38-25(16-18-31(41)27-9-7-11-29-34(46-4)21-13-23(2)36(27)29)14-15-26(38)17-19-32-28-10-8-12-30-35(47-5)22-20-33(43-32)39(28)30/h7-13,16-22,43H,6,14-15,41H2,1-5H3,(H,42,45)/b25-16+,26-17+,31-18+,32-19+,38-37-. The van der Waals surface area contributed by atoms with Crippen molar-refractivity contribution in [3.63, 3.8) is 0 Å². The normalized spacial score (nSPS) is 17.0. The summed E-state index contributed by atoms with van der Waals surface area (Å²) in [6.45, 7) is 5.76. The fourth-order valence-corrected chi connectivity index (χ4v) is 6.75. The Bertz CT molecular complexity index is 2250. The smallest absolute Gasteiger partial charge is 0.255 e. The van der Waals surface area contributed by atoms with Gasteiger partial charge in [0.15, 0.2) is 5.78 Å². The molecule has 0 spiro atoms. The minimum Gasteiger partial charge on any atom is -0.496 e. The molecule has 1 fully saturated rings. The quantitative estimate of drug-likeness (QED) is 0.0982. The second-order valence-corrected chi connectivity index (χ2v) is 11.7. The van der Waals surface area contributed by atoms with Gasteiger partial charge in [0.2, 0.25) is 0 Å². The van der Waals surface area contributed by atoms with Crippen molar-refractivity contribution in [2.45, 2.75) is 33.6 Å². The maximum Gasteiger partial charge on any atom is 0.255 e. The molecular formula is C40H39N3O4. The van der Waals surface area contributed by atoms with Gasteiger partial charge in [-0.1, -0.05) is 54.6 Å². The Hall–Kier alpha value is -5.56. The molecule has 0 saturated heterocycles. The van der Waals surface area contributed by atoms with Crippen LogP contribution in [0.3, 0.4) is 0 Å². The van der Waals surface area contributed by atoms with Crippen molar-refractivity contribution in [3.05, 3.63) is 118 Å². The van der Waals surface area contributed by atoms with Gasteiger partial charge in [0.05, 0.1) is 19.8 Å². The van der Waals surface area contributed by atoms with Gasteiger partial charge in [-0.05, 0) is 91.6 Å². The SMILES string of the molecule is CCNC(=O)/C(C(C)=O)=C1C(=C/C=C(/N)c2cccc3c(OC)ccc(C)c23)/CCC/1=C\C=c1\[nH]c2ccc(OC)c3cccc1c23. The number of H-pyrrole nitrogens is 1. The van der Waals surface area contributed by atoms with Crippen molar-refractivity contribution >= 4 is 55.9 Å². The second kappa shape index (κ2) is 13.0. The Morgan fingerprint density at radius 1 is 0.851 bits per heavy atom. The second-order valence-electron chi connectivity index (χ2n) is 11.7. The molecule has 238 valence electrons. The van der Waals surface area contributed by atoms with E-state index in [1.807, 2.05) is 79.8 Å². The summed E-state index contributed by atoms with van der Waals surface area (Å²) in [7, 11) is 3.34. The highest BCUT2D eigenvalue weighted by molar-refractivity contribution is 6.20. The molecule has 7 nitrogen and oxygen atoms in total. The number of allylic oxidation sites excluding steroid dienone is 6. The largest absolute Gasteiger partial charge is 0.496 e.